The first kappa shape index (κ1) is 10.3. The molecule has 84 valence electrons. The maximum absolute atomic E-state index is 4.47. The minimum atomic E-state index is 0.604. The molecule has 1 N–H and O–H groups in total. The zero-order valence-electron chi connectivity index (χ0n) is 8.99. The van der Waals surface area contributed by atoms with Gasteiger partial charge in [0.25, 0.3) is 0 Å². The Morgan fingerprint density at radius 2 is 2.12 bits per heavy atom. The van der Waals surface area contributed by atoms with Crippen molar-refractivity contribution in [2.75, 3.05) is 13.1 Å². The fourth-order valence-corrected chi connectivity index (χ4v) is 2.73. The first-order valence-electron chi connectivity index (χ1n) is 5.67. The van der Waals surface area contributed by atoms with Gasteiger partial charge in [-0.05, 0) is 44.1 Å². The normalized spacial score (nSPS) is 18.1. The molecule has 0 saturated carbocycles. The fourth-order valence-electron chi connectivity index (χ4n) is 2.38. The molecule has 0 bridgehead atoms. The van der Waals surface area contributed by atoms with Gasteiger partial charge in [0.15, 0.2) is 0 Å². The molecule has 2 aromatic rings. The van der Waals surface area contributed by atoms with E-state index in [1.165, 1.54) is 18.4 Å². The molecule has 1 aliphatic rings. The molecular formula is C12H14BrN3. The van der Waals surface area contributed by atoms with Crippen LogP contribution in [0.5, 0.6) is 0 Å². The molecule has 2 heterocycles. The van der Waals surface area contributed by atoms with Crippen molar-refractivity contribution < 1.29 is 0 Å². The Morgan fingerprint density at radius 1 is 1.31 bits per heavy atom. The van der Waals surface area contributed by atoms with Crippen molar-refractivity contribution in [1.29, 1.82) is 0 Å². The Bertz CT molecular complexity index is 500. The third-order valence-electron chi connectivity index (χ3n) is 3.24. The molecule has 0 radical (unpaired) electrons. The lowest BCUT2D eigenvalue weighted by molar-refractivity contribution is 0.374. The SMILES string of the molecule is Brc1ccc2c(c1)ncn2C1CCNCC1. The summed E-state index contributed by atoms with van der Waals surface area (Å²) >= 11 is 3.48. The first-order valence-corrected chi connectivity index (χ1v) is 6.47. The van der Waals surface area contributed by atoms with E-state index in [1.807, 2.05) is 6.33 Å². The number of hydrogen-bond donors (Lipinski definition) is 1. The van der Waals surface area contributed by atoms with E-state index in [1.54, 1.807) is 0 Å². The second kappa shape index (κ2) is 4.18. The molecule has 16 heavy (non-hydrogen) atoms. The minimum Gasteiger partial charge on any atom is -0.327 e. The van der Waals surface area contributed by atoms with Gasteiger partial charge in [-0.15, -0.1) is 0 Å². The standard InChI is InChI=1S/C12H14BrN3/c13-9-1-2-12-11(7-9)15-8-16(12)10-3-5-14-6-4-10/h1-2,7-8,10,14H,3-6H2. The Morgan fingerprint density at radius 3 is 2.94 bits per heavy atom. The van der Waals surface area contributed by atoms with E-state index in [-0.39, 0.29) is 0 Å². The van der Waals surface area contributed by atoms with Crippen LogP contribution in [0.1, 0.15) is 18.9 Å². The summed E-state index contributed by atoms with van der Waals surface area (Å²) in [6, 6.07) is 6.91. The van der Waals surface area contributed by atoms with E-state index in [0.29, 0.717) is 6.04 Å². The van der Waals surface area contributed by atoms with Crippen LogP contribution < -0.4 is 5.32 Å². The summed E-state index contributed by atoms with van der Waals surface area (Å²) in [6.45, 7) is 2.22. The molecule has 0 spiro atoms. The molecule has 1 aromatic heterocycles. The Balaban J connectivity index is 2.03. The van der Waals surface area contributed by atoms with Gasteiger partial charge < -0.3 is 9.88 Å². The molecule has 3 nitrogen and oxygen atoms in total. The van der Waals surface area contributed by atoms with Crippen LogP contribution in [-0.4, -0.2) is 22.6 Å². The van der Waals surface area contributed by atoms with Crippen molar-refractivity contribution in [2.24, 2.45) is 0 Å². The number of fused-ring (bicyclic) bond motifs is 1. The molecule has 1 aliphatic heterocycles. The minimum absolute atomic E-state index is 0.604. The third-order valence-corrected chi connectivity index (χ3v) is 3.73. The molecule has 3 rings (SSSR count). The van der Waals surface area contributed by atoms with Crippen LogP contribution in [0.25, 0.3) is 11.0 Å². The van der Waals surface area contributed by atoms with Crippen LogP contribution in [0, 0.1) is 0 Å². The number of benzene rings is 1. The third kappa shape index (κ3) is 1.76. The monoisotopic (exact) mass is 279 g/mol. The van der Waals surface area contributed by atoms with E-state index in [9.17, 15) is 0 Å². The predicted molar refractivity (Wildman–Crippen MR) is 68.6 cm³/mol. The molecule has 4 heteroatoms. The zero-order valence-corrected chi connectivity index (χ0v) is 10.6. The Kier molecular flexibility index (Phi) is 2.69. The van der Waals surface area contributed by atoms with Crippen molar-refractivity contribution in [2.45, 2.75) is 18.9 Å². The maximum atomic E-state index is 4.47. The molecule has 0 unspecified atom stereocenters. The molecule has 0 amide bonds. The van der Waals surface area contributed by atoms with Gasteiger partial charge in [-0.1, -0.05) is 15.9 Å². The summed E-state index contributed by atoms with van der Waals surface area (Å²) in [5.41, 5.74) is 2.32. The first-order chi connectivity index (χ1) is 7.84. The quantitative estimate of drug-likeness (QED) is 0.870. The summed E-state index contributed by atoms with van der Waals surface area (Å²) in [6.07, 6.45) is 4.37. The van der Waals surface area contributed by atoms with E-state index >= 15 is 0 Å². The second-order valence-electron chi connectivity index (χ2n) is 4.27. The van der Waals surface area contributed by atoms with Gasteiger partial charge in [0.05, 0.1) is 17.4 Å². The average Bonchev–Trinajstić information content (AvgIpc) is 2.73. The summed E-state index contributed by atoms with van der Waals surface area (Å²) in [5, 5.41) is 3.39. The number of piperidine rings is 1. The van der Waals surface area contributed by atoms with Gasteiger partial charge >= 0.3 is 0 Å². The summed E-state index contributed by atoms with van der Waals surface area (Å²) in [4.78, 5) is 4.47. The highest BCUT2D eigenvalue weighted by Crippen LogP contribution is 2.25. The Hall–Kier alpha value is -0.870. The number of rotatable bonds is 1. The van der Waals surface area contributed by atoms with Crippen LogP contribution in [-0.2, 0) is 0 Å². The highest BCUT2D eigenvalue weighted by molar-refractivity contribution is 9.10. The number of nitrogens with one attached hydrogen (secondary N) is 1. The van der Waals surface area contributed by atoms with Crippen LogP contribution in [0.3, 0.4) is 0 Å². The van der Waals surface area contributed by atoms with Crippen LogP contribution in [0.4, 0.5) is 0 Å². The van der Waals surface area contributed by atoms with Gasteiger partial charge in [-0.3, -0.25) is 0 Å². The second-order valence-corrected chi connectivity index (χ2v) is 5.18. The lowest BCUT2D eigenvalue weighted by atomic mass is 10.1. The van der Waals surface area contributed by atoms with Gasteiger partial charge in [0.1, 0.15) is 0 Å². The largest absolute Gasteiger partial charge is 0.327 e. The smallest absolute Gasteiger partial charge is 0.0960 e. The van der Waals surface area contributed by atoms with Gasteiger partial charge in [-0.25, -0.2) is 4.98 Å². The molecule has 0 aliphatic carbocycles. The predicted octanol–water partition coefficient (Wildman–Crippen LogP) is 2.72. The number of nitrogens with zero attached hydrogens (tertiary/aromatic N) is 2. The van der Waals surface area contributed by atoms with Gasteiger partial charge in [0.2, 0.25) is 0 Å². The molecule has 1 saturated heterocycles. The van der Waals surface area contributed by atoms with E-state index in [4.69, 9.17) is 0 Å². The van der Waals surface area contributed by atoms with Gasteiger partial charge in [0, 0.05) is 10.5 Å². The topological polar surface area (TPSA) is 29.9 Å². The van der Waals surface area contributed by atoms with E-state index < -0.39 is 0 Å². The summed E-state index contributed by atoms with van der Waals surface area (Å²) < 4.78 is 3.42. The lowest BCUT2D eigenvalue weighted by Gasteiger charge is -2.24. The number of imidazole rings is 1. The highest BCUT2D eigenvalue weighted by atomic mass is 79.9. The summed E-state index contributed by atoms with van der Waals surface area (Å²) in [7, 11) is 0. The van der Waals surface area contributed by atoms with Crippen LogP contribution in [0.2, 0.25) is 0 Å². The van der Waals surface area contributed by atoms with Crippen molar-refractivity contribution in [1.82, 2.24) is 14.9 Å². The molecule has 1 fully saturated rings. The average molecular weight is 280 g/mol. The van der Waals surface area contributed by atoms with Crippen molar-refractivity contribution in [3.63, 3.8) is 0 Å². The fraction of sp³-hybridized carbons (Fsp3) is 0.417. The lowest BCUT2D eigenvalue weighted by Crippen LogP contribution is -2.29. The van der Waals surface area contributed by atoms with E-state index in [0.717, 1.165) is 23.1 Å². The Labute approximate surface area is 103 Å². The highest BCUT2D eigenvalue weighted by Gasteiger charge is 2.16. The number of aromatic nitrogens is 2. The van der Waals surface area contributed by atoms with Crippen LogP contribution in [0.15, 0.2) is 29.0 Å². The van der Waals surface area contributed by atoms with E-state index in [2.05, 4.69) is 49.0 Å². The van der Waals surface area contributed by atoms with Crippen molar-refractivity contribution in [3.8, 4) is 0 Å². The maximum Gasteiger partial charge on any atom is 0.0960 e. The van der Waals surface area contributed by atoms with Gasteiger partial charge in [-0.2, -0.15) is 0 Å². The number of hydrogen-bond acceptors (Lipinski definition) is 2. The molecule has 1 aromatic carbocycles. The molecule has 0 atom stereocenters. The van der Waals surface area contributed by atoms with Crippen LogP contribution >= 0.6 is 15.9 Å². The zero-order chi connectivity index (χ0) is 11.0. The summed E-state index contributed by atoms with van der Waals surface area (Å²) in [5.74, 6) is 0. The number of halogens is 1. The van der Waals surface area contributed by atoms with Crippen molar-refractivity contribution in [3.05, 3.63) is 29.0 Å². The van der Waals surface area contributed by atoms with Crippen molar-refractivity contribution >= 4 is 27.0 Å². The molecular weight excluding hydrogens is 266 g/mol.